The van der Waals surface area contributed by atoms with Crippen LogP contribution in [0.2, 0.25) is 0 Å². The minimum atomic E-state index is -0.272. The number of carbonyl (C=O) groups excluding carboxylic acids is 1. The molecule has 2 heterocycles. The summed E-state index contributed by atoms with van der Waals surface area (Å²) in [6.45, 7) is 4.79. The maximum absolute atomic E-state index is 12.5. The largest absolute Gasteiger partial charge is 0.394 e. The quantitative estimate of drug-likeness (QED) is 0.836. The summed E-state index contributed by atoms with van der Waals surface area (Å²) in [7, 11) is 1.89. The number of rotatable bonds is 2. The first-order chi connectivity index (χ1) is 8.54. The number of amides is 1. The highest BCUT2D eigenvalue weighted by atomic mass is 16.5. The molecule has 0 aromatic carbocycles. The van der Waals surface area contributed by atoms with Crippen LogP contribution in [0.15, 0.2) is 12.1 Å². The molecule has 0 spiro atoms. The van der Waals surface area contributed by atoms with Crippen molar-refractivity contribution in [2.24, 2.45) is 7.05 Å². The molecule has 1 aliphatic heterocycles. The Balaban J connectivity index is 2.19. The van der Waals surface area contributed by atoms with Crippen LogP contribution in [-0.2, 0) is 11.8 Å². The standard InChI is InChI=1S/C13H20N2O3/c1-9-4-5-12(14(9)3)13(17)15-6-11(7-16)18-8-10(15)2/h4-5,10-11,16H,6-8H2,1-3H3/t10-,11-/m1/s1. The van der Waals surface area contributed by atoms with Gasteiger partial charge < -0.3 is 19.3 Å². The van der Waals surface area contributed by atoms with E-state index in [9.17, 15) is 4.79 Å². The molecule has 1 fully saturated rings. The van der Waals surface area contributed by atoms with E-state index >= 15 is 0 Å². The Labute approximate surface area is 107 Å². The first-order valence-corrected chi connectivity index (χ1v) is 6.20. The molecule has 5 heteroatoms. The summed E-state index contributed by atoms with van der Waals surface area (Å²) in [5, 5.41) is 9.14. The van der Waals surface area contributed by atoms with Gasteiger partial charge in [-0.1, -0.05) is 0 Å². The molecule has 0 aliphatic carbocycles. The zero-order chi connectivity index (χ0) is 13.3. The molecule has 18 heavy (non-hydrogen) atoms. The third-order valence-electron chi connectivity index (χ3n) is 3.56. The Morgan fingerprint density at radius 2 is 2.28 bits per heavy atom. The molecule has 100 valence electrons. The lowest BCUT2D eigenvalue weighted by Gasteiger charge is -2.37. The van der Waals surface area contributed by atoms with Gasteiger partial charge in [0.2, 0.25) is 0 Å². The first kappa shape index (κ1) is 13.1. The van der Waals surface area contributed by atoms with E-state index in [1.165, 1.54) is 0 Å². The minimum Gasteiger partial charge on any atom is -0.394 e. The third kappa shape index (κ3) is 2.28. The summed E-state index contributed by atoms with van der Waals surface area (Å²) in [5.74, 6) is -0.000139. The van der Waals surface area contributed by atoms with Crippen LogP contribution < -0.4 is 0 Å². The molecule has 1 saturated heterocycles. The minimum absolute atomic E-state index is 0.000139. The van der Waals surface area contributed by atoms with Gasteiger partial charge >= 0.3 is 0 Å². The second-order valence-electron chi connectivity index (χ2n) is 4.86. The van der Waals surface area contributed by atoms with Gasteiger partial charge in [0.15, 0.2) is 0 Å². The van der Waals surface area contributed by atoms with E-state index in [2.05, 4.69) is 0 Å². The summed E-state index contributed by atoms with van der Waals surface area (Å²) in [6.07, 6.45) is -0.272. The fourth-order valence-corrected chi connectivity index (χ4v) is 2.19. The number of aryl methyl sites for hydroxylation is 1. The number of aliphatic hydroxyl groups is 1. The third-order valence-corrected chi connectivity index (χ3v) is 3.56. The lowest BCUT2D eigenvalue weighted by molar-refractivity contribution is -0.0669. The number of aliphatic hydroxyl groups excluding tert-OH is 1. The Bertz CT molecular complexity index is 441. The number of nitrogens with zero attached hydrogens (tertiary/aromatic N) is 2. The molecule has 1 aromatic rings. The van der Waals surface area contributed by atoms with Crippen LogP contribution >= 0.6 is 0 Å². The van der Waals surface area contributed by atoms with E-state index in [1.54, 1.807) is 4.90 Å². The van der Waals surface area contributed by atoms with E-state index in [0.717, 1.165) is 5.69 Å². The highest BCUT2D eigenvalue weighted by molar-refractivity contribution is 5.93. The van der Waals surface area contributed by atoms with Crippen LogP contribution in [0, 0.1) is 6.92 Å². The number of morpholine rings is 1. The van der Waals surface area contributed by atoms with Crippen molar-refractivity contribution in [3.63, 3.8) is 0 Å². The predicted octanol–water partition coefficient (Wildman–Crippen LogP) is 0.555. The maximum Gasteiger partial charge on any atom is 0.270 e. The van der Waals surface area contributed by atoms with E-state index in [4.69, 9.17) is 9.84 Å². The average molecular weight is 252 g/mol. The van der Waals surface area contributed by atoms with Crippen LogP contribution in [0.4, 0.5) is 0 Å². The molecule has 0 bridgehead atoms. The van der Waals surface area contributed by atoms with E-state index in [0.29, 0.717) is 18.8 Å². The Morgan fingerprint density at radius 1 is 1.56 bits per heavy atom. The van der Waals surface area contributed by atoms with Crippen LogP contribution in [0.25, 0.3) is 0 Å². The van der Waals surface area contributed by atoms with Crippen LogP contribution in [0.3, 0.4) is 0 Å². The molecule has 0 saturated carbocycles. The maximum atomic E-state index is 12.5. The van der Waals surface area contributed by atoms with Crippen molar-refractivity contribution in [1.29, 1.82) is 0 Å². The van der Waals surface area contributed by atoms with Crippen molar-refractivity contribution in [2.45, 2.75) is 26.0 Å². The molecule has 2 atom stereocenters. The van der Waals surface area contributed by atoms with Crippen molar-refractivity contribution in [1.82, 2.24) is 9.47 Å². The fourth-order valence-electron chi connectivity index (χ4n) is 2.19. The topological polar surface area (TPSA) is 54.7 Å². The summed E-state index contributed by atoms with van der Waals surface area (Å²) < 4.78 is 7.33. The molecule has 0 unspecified atom stereocenters. The van der Waals surface area contributed by atoms with Crippen molar-refractivity contribution < 1.29 is 14.6 Å². The smallest absolute Gasteiger partial charge is 0.270 e. The number of aromatic nitrogens is 1. The Morgan fingerprint density at radius 3 is 2.83 bits per heavy atom. The Kier molecular flexibility index (Phi) is 3.73. The molecule has 1 amide bonds. The van der Waals surface area contributed by atoms with Gasteiger partial charge in [0.1, 0.15) is 5.69 Å². The van der Waals surface area contributed by atoms with Crippen LogP contribution in [0.5, 0.6) is 0 Å². The zero-order valence-electron chi connectivity index (χ0n) is 11.1. The van der Waals surface area contributed by atoms with E-state index in [1.807, 2.05) is 37.6 Å². The Hall–Kier alpha value is -1.33. The first-order valence-electron chi connectivity index (χ1n) is 6.20. The van der Waals surface area contributed by atoms with Crippen LogP contribution in [-0.4, -0.2) is 52.4 Å². The van der Waals surface area contributed by atoms with Crippen molar-refractivity contribution in [2.75, 3.05) is 19.8 Å². The van der Waals surface area contributed by atoms with Gasteiger partial charge in [0.05, 0.1) is 25.4 Å². The number of ether oxygens (including phenoxy) is 1. The summed E-state index contributed by atoms with van der Waals surface area (Å²) in [5.41, 5.74) is 1.73. The molecule has 5 nitrogen and oxygen atoms in total. The normalized spacial score (nSPS) is 24.3. The zero-order valence-corrected chi connectivity index (χ0v) is 11.1. The van der Waals surface area contributed by atoms with Gasteiger partial charge in [0.25, 0.3) is 5.91 Å². The van der Waals surface area contributed by atoms with E-state index < -0.39 is 0 Å². The summed E-state index contributed by atoms with van der Waals surface area (Å²) in [6, 6.07) is 3.81. The van der Waals surface area contributed by atoms with Gasteiger partial charge in [0, 0.05) is 19.3 Å². The van der Waals surface area contributed by atoms with Gasteiger partial charge in [-0.05, 0) is 26.0 Å². The number of carbonyl (C=O) groups is 1. The molecule has 1 aliphatic rings. The van der Waals surface area contributed by atoms with Crippen molar-refractivity contribution in [3.8, 4) is 0 Å². The molecule has 1 aromatic heterocycles. The van der Waals surface area contributed by atoms with Gasteiger partial charge in [-0.3, -0.25) is 4.79 Å². The number of hydrogen-bond donors (Lipinski definition) is 1. The second kappa shape index (κ2) is 5.12. The molecule has 2 rings (SSSR count). The lowest BCUT2D eigenvalue weighted by atomic mass is 10.2. The highest BCUT2D eigenvalue weighted by Gasteiger charge is 2.30. The molecular weight excluding hydrogens is 232 g/mol. The van der Waals surface area contributed by atoms with Crippen molar-refractivity contribution >= 4 is 5.91 Å². The monoisotopic (exact) mass is 252 g/mol. The lowest BCUT2D eigenvalue weighted by Crippen LogP contribution is -2.52. The summed E-state index contributed by atoms with van der Waals surface area (Å²) >= 11 is 0. The molecular formula is C13H20N2O3. The highest BCUT2D eigenvalue weighted by Crippen LogP contribution is 2.16. The van der Waals surface area contributed by atoms with E-state index in [-0.39, 0.29) is 24.7 Å². The average Bonchev–Trinajstić information content (AvgIpc) is 2.70. The van der Waals surface area contributed by atoms with Gasteiger partial charge in [-0.15, -0.1) is 0 Å². The van der Waals surface area contributed by atoms with Crippen molar-refractivity contribution in [3.05, 3.63) is 23.5 Å². The fraction of sp³-hybridized carbons (Fsp3) is 0.615. The number of hydrogen-bond acceptors (Lipinski definition) is 3. The second-order valence-corrected chi connectivity index (χ2v) is 4.86. The summed E-state index contributed by atoms with van der Waals surface area (Å²) in [4.78, 5) is 14.3. The molecule has 0 radical (unpaired) electrons. The van der Waals surface area contributed by atoms with Gasteiger partial charge in [-0.25, -0.2) is 0 Å². The van der Waals surface area contributed by atoms with Crippen LogP contribution in [0.1, 0.15) is 23.1 Å². The SMILES string of the molecule is Cc1ccc(C(=O)N2C[C@H](CO)OC[C@H]2C)n1C. The predicted molar refractivity (Wildman–Crippen MR) is 67.5 cm³/mol. The van der Waals surface area contributed by atoms with Gasteiger partial charge in [-0.2, -0.15) is 0 Å². The molecule has 1 N–H and O–H groups in total.